The molecule has 0 spiro atoms. The first-order valence-electron chi connectivity index (χ1n) is 10.4. The fourth-order valence-corrected chi connectivity index (χ4v) is 4.62. The molecule has 2 fully saturated rings. The standard InChI is InChI=1S/C24H23Cl2NO6/c1-31-18-11-17(26)19(32-2)10-16(18)22(28)20-21(13-5-7-14(25)8-6-13)27(24(30)23(20)29)12-15-4-3-9-33-15/h5-8,10-11,15,21,28H,3-4,9,12H2,1-2H3/b22-20+. The van der Waals surface area contributed by atoms with Gasteiger partial charge in [-0.25, -0.2) is 0 Å². The monoisotopic (exact) mass is 491 g/mol. The van der Waals surface area contributed by atoms with Crippen LogP contribution >= 0.6 is 23.2 Å². The second-order valence-electron chi connectivity index (χ2n) is 7.83. The van der Waals surface area contributed by atoms with Crippen LogP contribution in [0.1, 0.15) is 30.0 Å². The molecule has 0 aromatic heterocycles. The van der Waals surface area contributed by atoms with Gasteiger partial charge in [0.15, 0.2) is 0 Å². The van der Waals surface area contributed by atoms with Gasteiger partial charge in [0.05, 0.1) is 42.5 Å². The lowest BCUT2D eigenvalue weighted by atomic mass is 9.94. The molecule has 2 heterocycles. The molecule has 1 N–H and O–H groups in total. The number of benzene rings is 2. The Kier molecular flexibility index (Phi) is 6.83. The topological polar surface area (TPSA) is 85.3 Å². The predicted molar refractivity (Wildman–Crippen MR) is 124 cm³/mol. The summed E-state index contributed by atoms with van der Waals surface area (Å²) in [7, 11) is 2.85. The predicted octanol–water partition coefficient (Wildman–Crippen LogP) is 4.61. The first-order chi connectivity index (χ1) is 15.8. The molecule has 2 aromatic carbocycles. The van der Waals surface area contributed by atoms with E-state index in [4.69, 9.17) is 37.4 Å². The van der Waals surface area contributed by atoms with Gasteiger partial charge in [-0.3, -0.25) is 9.59 Å². The van der Waals surface area contributed by atoms with Crippen LogP contribution in [0.3, 0.4) is 0 Å². The molecule has 33 heavy (non-hydrogen) atoms. The zero-order valence-electron chi connectivity index (χ0n) is 18.1. The summed E-state index contributed by atoms with van der Waals surface area (Å²) < 4.78 is 16.3. The van der Waals surface area contributed by atoms with Crippen LogP contribution < -0.4 is 9.47 Å². The molecule has 2 saturated heterocycles. The number of nitrogens with zero attached hydrogens (tertiary/aromatic N) is 1. The number of Topliss-reactive ketones (excluding diaryl/α,β-unsaturated/α-hetero) is 1. The summed E-state index contributed by atoms with van der Waals surface area (Å²) in [6.07, 6.45) is 1.50. The second-order valence-corrected chi connectivity index (χ2v) is 8.67. The van der Waals surface area contributed by atoms with Crippen LogP contribution in [0.5, 0.6) is 11.5 Å². The highest BCUT2D eigenvalue weighted by atomic mass is 35.5. The van der Waals surface area contributed by atoms with Gasteiger partial charge in [0.1, 0.15) is 17.3 Å². The van der Waals surface area contributed by atoms with Crippen molar-refractivity contribution in [2.24, 2.45) is 0 Å². The Labute approximate surface area is 201 Å². The Balaban J connectivity index is 1.88. The Bertz CT molecular complexity index is 1110. The van der Waals surface area contributed by atoms with Crippen LogP contribution in [0.4, 0.5) is 0 Å². The molecule has 2 aromatic rings. The van der Waals surface area contributed by atoms with Crippen molar-refractivity contribution in [3.63, 3.8) is 0 Å². The summed E-state index contributed by atoms with van der Waals surface area (Å²) in [6.45, 7) is 0.845. The maximum atomic E-state index is 13.2. The number of ether oxygens (including phenoxy) is 3. The third kappa shape index (κ3) is 4.40. The first kappa shape index (κ1) is 23.4. The van der Waals surface area contributed by atoms with Gasteiger partial charge in [0.2, 0.25) is 0 Å². The largest absolute Gasteiger partial charge is 0.507 e. The summed E-state index contributed by atoms with van der Waals surface area (Å²) in [5.41, 5.74) is 0.772. The van der Waals surface area contributed by atoms with Crippen molar-refractivity contribution in [1.29, 1.82) is 0 Å². The Morgan fingerprint density at radius 1 is 1.12 bits per heavy atom. The van der Waals surface area contributed by atoms with E-state index in [2.05, 4.69) is 0 Å². The van der Waals surface area contributed by atoms with E-state index in [9.17, 15) is 14.7 Å². The van der Waals surface area contributed by atoms with Crippen molar-refractivity contribution in [2.75, 3.05) is 27.4 Å². The van der Waals surface area contributed by atoms with Crippen LogP contribution in [-0.2, 0) is 14.3 Å². The first-order valence-corrected chi connectivity index (χ1v) is 11.2. The molecular weight excluding hydrogens is 469 g/mol. The molecule has 7 nitrogen and oxygen atoms in total. The minimum absolute atomic E-state index is 0.0528. The summed E-state index contributed by atoms with van der Waals surface area (Å²) in [6, 6.07) is 8.95. The maximum absolute atomic E-state index is 13.2. The van der Waals surface area contributed by atoms with Crippen molar-refractivity contribution in [1.82, 2.24) is 4.90 Å². The van der Waals surface area contributed by atoms with Gasteiger partial charge >= 0.3 is 0 Å². The van der Waals surface area contributed by atoms with E-state index in [1.54, 1.807) is 24.3 Å². The fraction of sp³-hybridized carbons (Fsp3) is 0.333. The third-order valence-electron chi connectivity index (χ3n) is 5.88. The molecule has 2 atom stereocenters. The molecule has 4 rings (SSSR count). The molecule has 1 amide bonds. The van der Waals surface area contributed by atoms with Gasteiger partial charge in [-0.15, -0.1) is 0 Å². The summed E-state index contributed by atoms with van der Waals surface area (Å²) in [5.74, 6) is -1.35. The van der Waals surface area contributed by atoms with Gasteiger partial charge in [-0.1, -0.05) is 35.3 Å². The van der Waals surface area contributed by atoms with Crippen LogP contribution in [0.15, 0.2) is 42.0 Å². The average molecular weight is 492 g/mol. The number of carbonyl (C=O) groups is 2. The number of amides is 1. The van der Waals surface area contributed by atoms with E-state index in [1.165, 1.54) is 31.3 Å². The number of halogens is 2. The van der Waals surface area contributed by atoms with Crippen molar-refractivity contribution >= 4 is 40.7 Å². The number of carbonyl (C=O) groups excluding carboxylic acids is 2. The summed E-state index contributed by atoms with van der Waals surface area (Å²) in [4.78, 5) is 27.7. The van der Waals surface area contributed by atoms with E-state index >= 15 is 0 Å². The van der Waals surface area contributed by atoms with Crippen molar-refractivity contribution in [2.45, 2.75) is 25.0 Å². The van der Waals surface area contributed by atoms with Gasteiger partial charge in [0, 0.05) is 24.2 Å². The molecule has 2 unspecified atom stereocenters. The fourth-order valence-electron chi connectivity index (χ4n) is 4.26. The summed E-state index contributed by atoms with van der Waals surface area (Å²) >= 11 is 12.3. The normalized spacial score (nSPS) is 22.1. The van der Waals surface area contributed by atoms with Crippen LogP contribution in [0.2, 0.25) is 10.0 Å². The highest BCUT2D eigenvalue weighted by Crippen LogP contribution is 2.43. The minimum Gasteiger partial charge on any atom is -0.507 e. The van der Waals surface area contributed by atoms with Crippen molar-refractivity contribution in [3.05, 3.63) is 63.1 Å². The zero-order chi connectivity index (χ0) is 23.7. The molecule has 0 saturated carbocycles. The number of likely N-dealkylation sites (tertiary alicyclic amines) is 1. The van der Waals surface area contributed by atoms with Gasteiger partial charge < -0.3 is 24.2 Å². The Morgan fingerprint density at radius 3 is 2.42 bits per heavy atom. The number of aliphatic hydroxyl groups is 1. The van der Waals surface area contributed by atoms with Gasteiger partial charge in [-0.2, -0.15) is 0 Å². The highest BCUT2D eigenvalue weighted by Gasteiger charge is 2.47. The molecular formula is C24H23Cl2NO6. The molecule has 0 bridgehead atoms. The van der Waals surface area contributed by atoms with Crippen LogP contribution in [0.25, 0.3) is 5.76 Å². The van der Waals surface area contributed by atoms with Crippen LogP contribution in [-0.4, -0.2) is 55.2 Å². The van der Waals surface area contributed by atoms with Crippen LogP contribution in [0, 0.1) is 0 Å². The number of rotatable bonds is 6. The van der Waals surface area contributed by atoms with E-state index in [0.29, 0.717) is 17.2 Å². The molecule has 2 aliphatic heterocycles. The molecule has 174 valence electrons. The maximum Gasteiger partial charge on any atom is 0.295 e. The van der Waals surface area contributed by atoms with E-state index < -0.39 is 17.7 Å². The van der Waals surface area contributed by atoms with Crippen molar-refractivity contribution < 1.29 is 28.9 Å². The number of ketones is 1. The average Bonchev–Trinajstić information content (AvgIpc) is 3.41. The number of hydrogen-bond donors (Lipinski definition) is 1. The lowest BCUT2D eigenvalue weighted by molar-refractivity contribution is -0.140. The highest BCUT2D eigenvalue weighted by molar-refractivity contribution is 6.46. The number of methoxy groups -OCH3 is 2. The molecule has 0 aliphatic carbocycles. The smallest absolute Gasteiger partial charge is 0.295 e. The second kappa shape index (κ2) is 9.63. The SMILES string of the molecule is COc1cc(/C(O)=C2\C(=O)C(=O)N(CC3CCCO3)C2c2ccc(Cl)cc2)c(OC)cc1Cl. The minimum atomic E-state index is -0.821. The van der Waals surface area contributed by atoms with E-state index in [0.717, 1.165) is 12.8 Å². The van der Waals surface area contributed by atoms with Gasteiger partial charge in [0.25, 0.3) is 11.7 Å². The summed E-state index contributed by atoms with van der Waals surface area (Å²) in [5, 5.41) is 12.1. The zero-order valence-corrected chi connectivity index (χ0v) is 19.7. The lowest BCUT2D eigenvalue weighted by Gasteiger charge is -2.27. The molecule has 9 heteroatoms. The van der Waals surface area contributed by atoms with Crippen molar-refractivity contribution in [3.8, 4) is 11.5 Å². The number of aliphatic hydroxyl groups excluding tert-OH is 1. The number of hydrogen-bond acceptors (Lipinski definition) is 6. The molecule has 2 aliphatic rings. The molecule has 0 radical (unpaired) electrons. The Hall–Kier alpha value is -2.74. The quantitative estimate of drug-likeness (QED) is 0.360. The van der Waals surface area contributed by atoms with E-state index in [1.807, 2.05) is 0 Å². The third-order valence-corrected chi connectivity index (χ3v) is 6.43. The Morgan fingerprint density at radius 2 is 1.82 bits per heavy atom. The lowest BCUT2D eigenvalue weighted by Crippen LogP contribution is -2.36. The van der Waals surface area contributed by atoms with E-state index in [-0.39, 0.29) is 46.1 Å². The van der Waals surface area contributed by atoms with Gasteiger partial charge in [-0.05, 0) is 36.6 Å².